The van der Waals surface area contributed by atoms with Gasteiger partial charge in [-0.1, -0.05) is 78.1 Å². The van der Waals surface area contributed by atoms with Gasteiger partial charge in [-0.3, -0.25) is 0 Å². The standard InChI is InChI=1S/C14H28/c1-3-13(2)9-8-12-14-10-6-4-5-7-11-14/h13-14H,3-12H2,1-2H3. The van der Waals surface area contributed by atoms with E-state index in [-0.39, 0.29) is 0 Å². The Morgan fingerprint density at radius 2 is 1.71 bits per heavy atom. The first-order valence-electron chi connectivity index (χ1n) is 6.83. The third-order valence-electron chi connectivity index (χ3n) is 3.98. The lowest BCUT2D eigenvalue weighted by molar-refractivity contribution is 0.383. The van der Waals surface area contributed by atoms with Gasteiger partial charge in [0, 0.05) is 0 Å². The van der Waals surface area contributed by atoms with Gasteiger partial charge in [0.05, 0.1) is 0 Å². The molecule has 0 aliphatic heterocycles. The van der Waals surface area contributed by atoms with Crippen LogP contribution < -0.4 is 0 Å². The van der Waals surface area contributed by atoms with Crippen molar-refractivity contribution in [2.24, 2.45) is 11.8 Å². The van der Waals surface area contributed by atoms with E-state index in [1.807, 2.05) is 0 Å². The average Bonchev–Trinajstić information content (AvgIpc) is 2.46. The second kappa shape index (κ2) is 7.31. The van der Waals surface area contributed by atoms with Crippen molar-refractivity contribution in [3.05, 3.63) is 0 Å². The third-order valence-corrected chi connectivity index (χ3v) is 3.98. The van der Waals surface area contributed by atoms with Gasteiger partial charge in [0.1, 0.15) is 0 Å². The van der Waals surface area contributed by atoms with E-state index in [4.69, 9.17) is 0 Å². The molecule has 84 valence electrons. The van der Waals surface area contributed by atoms with Gasteiger partial charge in [-0.2, -0.15) is 0 Å². The van der Waals surface area contributed by atoms with E-state index in [9.17, 15) is 0 Å². The third kappa shape index (κ3) is 5.02. The van der Waals surface area contributed by atoms with Crippen molar-refractivity contribution in [3.63, 3.8) is 0 Å². The second-order valence-corrected chi connectivity index (χ2v) is 5.30. The molecule has 0 heterocycles. The molecule has 0 heteroatoms. The lowest BCUT2D eigenvalue weighted by Crippen LogP contribution is -2.00. The Labute approximate surface area is 90.5 Å². The van der Waals surface area contributed by atoms with Crippen molar-refractivity contribution < 1.29 is 0 Å². The molecular formula is C14H28. The average molecular weight is 196 g/mol. The van der Waals surface area contributed by atoms with Crippen LogP contribution in [0.1, 0.15) is 78.1 Å². The Morgan fingerprint density at radius 3 is 2.29 bits per heavy atom. The molecule has 0 radical (unpaired) electrons. The maximum Gasteiger partial charge on any atom is -0.0414 e. The maximum atomic E-state index is 2.40. The first kappa shape index (κ1) is 12.1. The molecule has 0 aromatic carbocycles. The lowest BCUT2D eigenvalue weighted by atomic mass is 9.91. The first-order valence-corrected chi connectivity index (χ1v) is 6.83. The molecule has 1 saturated carbocycles. The Morgan fingerprint density at radius 1 is 1.07 bits per heavy atom. The Hall–Kier alpha value is 0. The van der Waals surface area contributed by atoms with Gasteiger partial charge in [-0.25, -0.2) is 0 Å². The Kier molecular flexibility index (Phi) is 6.31. The smallest absolute Gasteiger partial charge is 0.0414 e. The van der Waals surface area contributed by atoms with Crippen molar-refractivity contribution in [2.75, 3.05) is 0 Å². The molecule has 0 aromatic rings. The lowest BCUT2D eigenvalue weighted by Gasteiger charge is -2.15. The monoisotopic (exact) mass is 196 g/mol. The van der Waals surface area contributed by atoms with Crippen LogP contribution in [0.2, 0.25) is 0 Å². The van der Waals surface area contributed by atoms with Crippen molar-refractivity contribution >= 4 is 0 Å². The Bertz CT molecular complexity index is 120. The largest absolute Gasteiger partial charge is 0.0651 e. The quantitative estimate of drug-likeness (QED) is 0.532. The second-order valence-electron chi connectivity index (χ2n) is 5.30. The molecule has 1 aliphatic carbocycles. The topological polar surface area (TPSA) is 0 Å². The van der Waals surface area contributed by atoms with E-state index in [1.54, 1.807) is 0 Å². The van der Waals surface area contributed by atoms with Crippen LogP contribution in [0.3, 0.4) is 0 Å². The van der Waals surface area contributed by atoms with Crippen molar-refractivity contribution in [3.8, 4) is 0 Å². The molecule has 0 spiro atoms. The van der Waals surface area contributed by atoms with Gasteiger partial charge in [-0.15, -0.1) is 0 Å². The normalized spacial score (nSPS) is 21.9. The number of hydrogen-bond acceptors (Lipinski definition) is 0. The molecule has 0 N–H and O–H groups in total. The summed E-state index contributed by atoms with van der Waals surface area (Å²) in [5.41, 5.74) is 0. The summed E-state index contributed by atoms with van der Waals surface area (Å²) in [6, 6.07) is 0. The summed E-state index contributed by atoms with van der Waals surface area (Å²) in [5.74, 6) is 2.04. The fourth-order valence-corrected chi connectivity index (χ4v) is 2.61. The van der Waals surface area contributed by atoms with E-state index < -0.39 is 0 Å². The molecule has 0 bridgehead atoms. The minimum atomic E-state index is 0.959. The zero-order valence-corrected chi connectivity index (χ0v) is 10.2. The minimum Gasteiger partial charge on any atom is -0.0651 e. The van der Waals surface area contributed by atoms with Crippen LogP contribution in [0, 0.1) is 11.8 Å². The highest BCUT2D eigenvalue weighted by molar-refractivity contribution is 4.65. The highest BCUT2D eigenvalue weighted by atomic mass is 14.2. The van der Waals surface area contributed by atoms with Crippen molar-refractivity contribution in [1.29, 1.82) is 0 Å². The summed E-state index contributed by atoms with van der Waals surface area (Å²) in [5, 5.41) is 0. The fraction of sp³-hybridized carbons (Fsp3) is 1.00. The fourth-order valence-electron chi connectivity index (χ4n) is 2.61. The molecule has 0 amide bonds. The zero-order chi connectivity index (χ0) is 10.2. The van der Waals surface area contributed by atoms with E-state index in [0.29, 0.717) is 0 Å². The van der Waals surface area contributed by atoms with E-state index in [1.165, 1.54) is 64.2 Å². The van der Waals surface area contributed by atoms with Gasteiger partial charge in [0.25, 0.3) is 0 Å². The minimum absolute atomic E-state index is 0.959. The van der Waals surface area contributed by atoms with E-state index in [2.05, 4.69) is 13.8 Å². The molecule has 0 aromatic heterocycles. The van der Waals surface area contributed by atoms with Gasteiger partial charge in [0.15, 0.2) is 0 Å². The summed E-state index contributed by atoms with van der Waals surface area (Å²) in [4.78, 5) is 0. The van der Waals surface area contributed by atoms with Crippen molar-refractivity contribution in [2.45, 2.75) is 78.1 Å². The van der Waals surface area contributed by atoms with Crippen LogP contribution in [0.25, 0.3) is 0 Å². The molecule has 1 unspecified atom stereocenters. The molecule has 1 atom stereocenters. The van der Waals surface area contributed by atoms with Crippen LogP contribution in [-0.4, -0.2) is 0 Å². The van der Waals surface area contributed by atoms with Gasteiger partial charge in [0.2, 0.25) is 0 Å². The number of rotatable bonds is 5. The summed E-state index contributed by atoms with van der Waals surface area (Å²) < 4.78 is 0. The van der Waals surface area contributed by atoms with Crippen LogP contribution >= 0.6 is 0 Å². The van der Waals surface area contributed by atoms with Crippen LogP contribution in [0.4, 0.5) is 0 Å². The summed E-state index contributed by atoms with van der Waals surface area (Å²) >= 11 is 0. The predicted octanol–water partition coefficient (Wildman–Crippen LogP) is 5.17. The van der Waals surface area contributed by atoms with Gasteiger partial charge < -0.3 is 0 Å². The SMILES string of the molecule is CCC(C)CCCC1CCCCCC1. The Balaban J connectivity index is 2.04. The highest BCUT2D eigenvalue weighted by Gasteiger charge is 2.11. The first-order chi connectivity index (χ1) is 6.83. The molecular weight excluding hydrogens is 168 g/mol. The van der Waals surface area contributed by atoms with Crippen LogP contribution in [0.15, 0.2) is 0 Å². The van der Waals surface area contributed by atoms with Crippen molar-refractivity contribution in [1.82, 2.24) is 0 Å². The van der Waals surface area contributed by atoms with Gasteiger partial charge in [-0.05, 0) is 11.8 Å². The maximum absolute atomic E-state index is 2.40. The van der Waals surface area contributed by atoms with E-state index in [0.717, 1.165) is 11.8 Å². The van der Waals surface area contributed by atoms with E-state index >= 15 is 0 Å². The van der Waals surface area contributed by atoms with Crippen LogP contribution in [-0.2, 0) is 0 Å². The molecule has 1 fully saturated rings. The van der Waals surface area contributed by atoms with Gasteiger partial charge >= 0.3 is 0 Å². The molecule has 1 rings (SSSR count). The molecule has 1 aliphatic rings. The number of hydrogen-bond donors (Lipinski definition) is 0. The molecule has 14 heavy (non-hydrogen) atoms. The summed E-state index contributed by atoms with van der Waals surface area (Å²) in [6.45, 7) is 4.71. The zero-order valence-electron chi connectivity index (χ0n) is 10.2. The molecule has 0 saturated heterocycles. The summed E-state index contributed by atoms with van der Waals surface area (Å²) in [6.07, 6.45) is 14.9. The molecule has 0 nitrogen and oxygen atoms in total. The van der Waals surface area contributed by atoms with Crippen LogP contribution in [0.5, 0.6) is 0 Å². The predicted molar refractivity (Wildman–Crippen MR) is 64.5 cm³/mol. The summed E-state index contributed by atoms with van der Waals surface area (Å²) in [7, 11) is 0. The highest BCUT2D eigenvalue weighted by Crippen LogP contribution is 2.27.